The van der Waals surface area contributed by atoms with E-state index in [0.29, 0.717) is 15.4 Å². The summed E-state index contributed by atoms with van der Waals surface area (Å²) in [6, 6.07) is 8.31. The Balaban J connectivity index is 2.13. The molecule has 0 saturated heterocycles. The van der Waals surface area contributed by atoms with E-state index in [9.17, 15) is 0 Å². The van der Waals surface area contributed by atoms with E-state index >= 15 is 0 Å². The Labute approximate surface area is 84.9 Å². The van der Waals surface area contributed by atoms with E-state index in [1.54, 1.807) is 0 Å². The van der Waals surface area contributed by atoms with E-state index in [4.69, 9.17) is 5.73 Å². The average Bonchev–Trinajstić information content (AvgIpc) is 2.72. The SMILES string of the molecule is NCCc1ccc(C2=NNPN2)cc1. The largest absolute Gasteiger partial charge is 0.332 e. The lowest BCUT2D eigenvalue weighted by Crippen LogP contribution is -2.11. The van der Waals surface area contributed by atoms with Crippen LogP contribution in [-0.4, -0.2) is 12.4 Å². The van der Waals surface area contributed by atoms with E-state index in [2.05, 4.69) is 39.7 Å². The van der Waals surface area contributed by atoms with E-state index in [1.807, 2.05) is 0 Å². The maximum Gasteiger partial charge on any atom is 0.157 e. The third kappa shape index (κ3) is 2.03. The fourth-order valence-electron chi connectivity index (χ4n) is 1.33. The maximum absolute atomic E-state index is 5.48. The summed E-state index contributed by atoms with van der Waals surface area (Å²) in [6.07, 6.45) is 0.931. The second kappa shape index (κ2) is 4.40. The van der Waals surface area contributed by atoms with Crippen LogP contribution in [-0.2, 0) is 6.42 Å². The fourth-order valence-corrected chi connectivity index (χ4v) is 1.87. The van der Waals surface area contributed by atoms with Crippen LogP contribution in [0.15, 0.2) is 29.4 Å². The number of amidine groups is 1. The van der Waals surface area contributed by atoms with Crippen molar-refractivity contribution in [2.45, 2.75) is 6.42 Å². The first-order valence-electron chi connectivity index (χ1n) is 4.53. The highest BCUT2D eigenvalue weighted by Crippen LogP contribution is 2.11. The normalized spacial score (nSPS) is 16.2. The van der Waals surface area contributed by atoms with Gasteiger partial charge in [0, 0.05) is 5.56 Å². The van der Waals surface area contributed by atoms with E-state index < -0.39 is 0 Å². The molecule has 0 radical (unpaired) electrons. The third-order valence-electron chi connectivity index (χ3n) is 2.06. The molecule has 0 fully saturated rings. The van der Waals surface area contributed by atoms with Gasteiger partial charge in [-0.05, 0) is 18.5 Å². The molecule has 1 aliphatic rings. The Kier molecular flexibility index (Phi) is 2.96. The number of hydrogen-bond acceptors (Lipinski definition) is 4. The standard InChI is InChI=1S/C9H13N4P/c10-6-5-7-1-3-8(4-2-7)9-11-13-14-12-9/h1-4,13-14H,5-6,10H2,(H,11,12). The minimum atomic E-state index is 0.488. The quantitative estimate of drug-likeness (QED) is 0.636. The molecule has 4 nitrogen and oxygen atoms in total. The number of hydrogen-bond donors (Lipinski definition) is 3. The second-order valence-corrected chi connectivity index (χ2v) is 3.78. The molecule has 2 rings (SSSR count). The van der Waals surface area contributed by atoms with Crippen molar-refractivity contribution in [2.24, 2.45) is 10.8 Å². The number of hydrazone groups is 1. The van der Waals surface area contributed by atoms with Crippen LogP contribution in [0.3, 0.4) is 0 Å². The number of nitrogens with one attached hydrogen (secondary N) is 2. The summed E-state index contributed by atoms with van der Waals surface area (Å²) in [7, 11) is 0.488. The van der Waals surface area contributed by atoms with Gasteiger partial charge in [0.25, 0.3) is 0 Å². The van der Waals surface area contributed by atoms with Crippen LogP contribution in [0.4, 0.5) is 0 Å². The van der Waals surface area contributed by atoms with Gasteiger partial charge in [-0.3, -0.25) is 5.20 Å². The van der Waals surface area contributed by atoms with Gasteiger partial charge in [-0.2, -0.15) is 5.10 Å². The minimum Gasteiger partial charge on any atom is -0.332 e. The molecule has 1 unspecified atom stereocenters. The topological polar surface area (TPSA) is 62.4 Å². The molecule has 5 heteroatoms. The van der Waals surface area contributed by atoms with Crippen molar-refractivity contribution in [3.63, 3.8) is 0 Å². The Hall–Kier alpha value is -1.12. The smallest absolute Gasteiger partial charge is 0.157 e. The van der Waals surface area contributed by atoms with Gasteiger partial charge in [0.05, 0.1) is 8.88 Å². The Bertz CT molecular complexity index is 333. The molecule has 1 aromatic rings. The van der Waals surface area contributed by atoms with Gasteiger partial charge in [0.1, 0.15) is 0 Å². The lowest BCUT2D eigenvalue weighted by molar-refractivity contribution is 0.968. The molecule has 14 heavy (non-hydrogen) atoms. The van der Waals surface area contributed by atoms with Crippen molar-refractivity contribution in [1.82, 2.24) is 10.3 Å². The summed E-state index contributed by atoms with van der Waals surface area (Å²) in [4.78, 5) is 0. The fraction of sp³-hybridized carbons (Fsp3) is 0.222. The summed E-state index contributed by atoms with van der Waals surface area (Å²) in [5, 5.41) is 10.2. The zero-order valence-electron chi connectivity index (χ0n) is 7.75. The number of nitrogens with zero attached hydrogens (tertiary/aromatic N) is 1. The third-order valence-corrected chi connectivity index (χ3v) is 2.65. The predicted octanol–water partition coefficient (Wildman–Crippen LogP) is 0.551. The highest BCUT2D eigenvalue weighted by Gasteiger charge is 2.06. The van der Waals surface area contributed by atoms with Crippen molar-refractivity contribution in [3.05, 3.63) is 35.4 Å². The molecule has 0 bridgehead atoms. The van der Waals surface area contributed by atoms with Crippen molar-refractivity contribution in [2.75, 3.05) is 6.54 Å². The Morgan fingerprint density at radius 3 is 2.64 bits per heavy atom. The lowest BCUT2D eigenvalue weighted by Gasteiger charge is -2.02. The maximum atomic E-state index is 5.48. The first kappa shape index (κ1) is 9.44. The van der Waals surface area contributed by atoms with E-state index in [-0.39, 0.29) is 0 Å². The number of nitrogens with two attached hydrogens (primary N) is 1. The monoisotopic (exact) mass is 208 g/mol. The molecule has 1 heterocycles. The zero-order chi connectivity index (χ0) is 9.80. The van der Waals surface area contributed by atoms with Crippen molar-refractivity contribution < 1.29 is 0 Å². The molecule has 0 aliphatic carbocycles. The van der Waals surface area contributed by atoms with Gasteiger partial charge in [0.15, 0.2) is 5.84 Å². The highest BCUT2D eigenvalue weighted by atomic mass is 31.1. The molecule has 4 N–H and O–H groups in total. The van der Waals surface area contributed by atoms with E-state index in [1.165, 1.54) is 5.56 Å². The summed E-state index contributed by atoms with van der Waals surface area (Å²) >= 11 is 0. The van der Waals surface area contributed by atoms with Gasteiger partial charge in [-0.25, -0.2) is 0 Å². The van der Waals surface area contributed by atoms with Gasteiger partial charge in [-0.15, -0.1) is 0 Å². The van der Waals surface area contributed by atoms with Crippen LogP contribution in [0.5, 0.6) is 0 Å². The van der Waals surface area contributed by atoms with Crippen molar-refractivity contribution in [1.29, 1.82) is 0 Å². The van der Waals surface area contributed by atoms with Gasteiger partial charge in [-0.1, -0.05) is 24.3 Å². The molecule has 0 aromatic heterocycles. The van der Waals surface area contributed by atoms with Crippen LogP contribution >= 0.6 is 8.88 Å². The number of rotatable bonds is 3. The molecular formula is C9H13N4P. The minimum absolute atomic E-state index is 0.488. The van der Waals surface area contributed by atoms with Gasteiger partial charge < -0.3 is 10.8 Å². The van der Waals surface area contributed by atoms with Crippen LogP contribution < -0.4 is 16.0 Å². The van der Waals surface area contributed by atoms with Crippen molar-refractivity contribution >= 4 is 14.7 Å². The first-order chi connectivity index (χ1) is 6.90. The first-order valence-corrected chi connectivity index (χ1v) is 5.53. The molecule has 0 saturated carbocycles. The Morgan fingerprint density at radius 2 is 2.07 bits per heavy atom. The Morgan fingerprint density at radius 1 is 1.29 bits per heavy atom. The van der Waals surface area contributed by atoms with Gasteiger partial charge in [0.2, 0.25) is 0 Å². The molecule has 0 amide bonds. The molecule has 1 aromatic carbocycles. The summed E-state index contributed by atoms with van der Waals surface area (Å²) in [5.74, 6) is 0.919. The van der Waals surface area contributed by atoms with Crippen LogP contribution in [0, 0.1) is 0 Å². The van der Waals surface area contributed by atoms with Crippen LogP contribution in [0.1, 0.15) is 11.1 Å². The molecule has 1 aliphatic heterocycles. The molecule has 0 spiro atoms. The van der Waals surface area contributed by atoms with Crippen LogP contribution in [0.25, 0.3) is 0 Å². The second-order valence-electron chi connectivity index (χ2n) is 3.06. The average molecular weight is 208 g/mol. The molecule has 74 valence electrons. The van der Waals surface area contributed by atoms with Crippen LogP contribution in [0.2, 0.25) is 0 Å². The highest BCUT2D eigenvalue weighted by molar-refractivity contribution is 7.34. The van der Waals surface area contributed by atoms with E-state index in [0.717, 1.165) is 17.8 Å². The predicted molar refractivity (Wildman–Crippen MR) is 60.3 cm³/mol. The lowest BCUT2D eigenvalue weighted by atomic mass is 10.1. The van der Waals surface area contributed by atoms with Crippen molar-refractivity contribution in [3.8, 4) is 0 Å². The van der Waals surface area contributed by atoms with Gasteiger partial charge >= 0.3 is 0 Å². The molecule has 1 atom stereocenters. The summed E-state index contributed by atoms with van der Waals surface area (Å²) in [5.41, 5.74) is 7.86. The molecular weight excluding hydrogens is 195 g/mol. The zero-order valence-corrected chi connectivity index (χ0v) is 8.75. The summed E-state index contributed by atoms with van der Waals surface area (Å²) in [6.45, 7) is 0.696. The number of benzene rings is 1. The summed E-state index contributed by atoms with van der Waals surface area (Å²) < 4.78 is 0.